The highest BCUT2D eigenvalue weighted by Crippen LogP contribution is 2.32. The maximum Gasteiger partial charge on any atom is 0.416 e. The number of hydrogen-bond acceptors (Lipinski definition) is 7. The molecule has 0 amide bonds. The van der Waals surface area contributed by atoms with Crippen molar-refractivity contribution < 1.29 is 18.3 Å². The molecular formula is C25H26F3N5OS. The number of halogens is 3. The van der Waals surface area contributed by atoms with Gasteiger partial charge in [0.15, 0.2) is 5.13 Å². The number of fused-ring (bicyclic) bond motifs is 1. The maximum atomic E-state index is 12.8. The lowest BCUT2D eigenvalue weighted by atomic mass is 10.1. The second-order valence-corrected chi connectivity index (χ2v) is 10.2. The lowest BCUT2D eigenvalue weighted by Gasteiger charge is -2.35. The molecule has 0 saturated carbocycles. The molecule has 1 saturated heterocycles. The first-order valence-electron chi connectivity index (χ1n) is 11.5. The first-order chi connectivity index (χ1) is 16.6. The molecule has 35 heavy (non-hydrogen) atoms. The molecule has 2 atom stereocenters. The Balaban J connectivity index is 1.30. The number of aromatic hydroxyl groups is 1. The molecule has 0 unspecified atom stereocenters. The van der Waals surface area contributed by atoms with Gasteiger partial charge in [-0.1, -0.05) is 29.5 Å². The number of nitrogens with zero attached hydrogens (tertiary/aromatic N) is 4. The lowest BCUT2D eigenvalue weighted by Crippen LogP contribution is -2.54. The molecular weight excluding hydrogens is 475 g/mol. The molecule has 0 bridgehead atoms. The Kier molecular flexibility index (Phi) is 6.18. The summed E-state index contributed by atoms with van der Waals surface area (Å²) in [6.45, 7) is 6.94. The molecule has 2 aromatic carbocycles. The molecule has 10 heteroatoms. The lowest BCUT2D eigenvalue weighted by molar-refractivity contribution is -0.137. The fourth-order valence-electron chi connectivity index (χ4n) is 4.58. The van der Waals surface area contributed by atoms with Crippen LogP contribution in [0.1, 0.15) is 35.4 Å². The Morgan fingerprint density at radius 1 is 1.11 bits per heavy atom. The molecule has 5 rings (SSSR count). The van der Waals surface area contributed by atoms with E-state index in [1.165, 1.54) is 23.5 Å². The first kappa shape index (κ1) is 23.6. The highest BCUT2D eigenvalue weighted by molar-refractivity contribution is 7.16. The SMILES string of the molecule is C[C@@H]1CN(c2nc(O)c(C=c3ccc4c(c3)CN(Cc3ccc(C(F)(F)F)cc3)N=4)s2)C[C@H](C)N1. The third-order valence-corrected chi connectivity index (χ3v) is 7.15. The standard InChI is InChI=1S/C25H26F3N5OS/c1-15-11-32(12-16(2)29-15)24-30-23(34)22(35-24)10-18-5-8-21-19(9-18)14-33(31-21)13-17-3-6-20(7-4-17)25(26,27)28/h3-10,15-16,29,34H,11-14H2,1-2H3/t15-,16+. The second kappa shape index (κ2) is 9.16. The third-order valence-electron chi connectivity index (χ3n) is 6.10. The first-order valence-corrected chi connectivity index (χ1v) is 12.3. The normalized spacial score (nSPS) is 20.8. The van der Waals surface area contributed by atoms with E-state index in [4.69, 9.17) is 0 Å². The van der Waals surface area contributed by atoms with Crippen molar-refractivity contribution in [2.75, 3.05) is 18.0 Å². The summed E-state index contributed by atoms with van der Waals surface area (Å²) in [7, 11) is 0. The van der Waals surface area contributed by atoms with Gasteiger partial charge in [0.05, 0.1) is 28.9 Å². The number of alkyl halides is 3. The average Bonchev–Trinajstić information content (AvgIpc) is 3.35. The molecule has 3 aromatic rings. The zero-order chi connectivity index (χ0) is 24.7. The highest BCUT2D eigenvalue weighted by Gasteiger charge is 2.30. The summed E-state index contributed by atoms with van der Waals surface area (Å²) in [5, 5.41) is 23.0. The maximum absolute atomic E-state index is 12.8. The summed E-state index contributed by atoms with van der Waals surface area (Å²) in [5.41, 5.74) is 1.14. The van der Waals surface area contributed by atoms with Crippen LogP contribution in [-0.4, -0.2) is 40.3 Å². The van der Waals surface area contributed by atoms with Gasteiger partial charge in [-0.05, 0) is 55.0 Å². The summed E-state index contributed by atoms with van der Waals surface area (Å²) >= 11 is 1.47. The average molecular weight is 502 g/mol. The number of aromatic nitrogens is 1. The van der Waals surface area contributed by atoms with E-state index in [2.05, 4.69) is 34.1 Å². The minimum atomic E-state index is -4.34. The third kappa shape index (κ3) is 5.28. The van der Waals surface area contributed by atoms with E-state index in [1.807, 2.05) is 29.3 Å². The molecule has 1 fully saturated rings. The van der Waals surface area contributed by atoms with Gasteiger partial charge in [-0.25, -0.2) is 0 Å². The van der Waals surface area contributed by atoms with Crippen LogP contribution in [0.2, 0.25) is 0 Å². The van der Waals surface area contributed by atoms with Crippen molar-refractivity contribution in [3.63, 3.8) is 0 Å². The van der Waals surface area contributed by atoms with Crippen LogP contribution in [0, 0.1) is 0 Å². The Morgan fingerprint density at radius 2 is 1.83 bits per heavy atom. The summed E-state index contributed by atoms with van der Waals surface area (Å²) < 4.78 is 38.4. The van der Waals surface area contributed by atoms with E-state index in [-0.39, 0.29) is 5.88 Å². The smallest absolute Gasteiger partial charge is 0.416 e. The van der Waals surface area contributed by atoms with Crippen molar-refractivity contribution in [1.82, 2.24) is 15.3 Å². The monoisotopic (exact) mass is 501 g/mol. The molecule has 2 aliphatic rings. The van der Waals surface area contributed by atoms with Crippen LogP contribution in [0.4, 0.5) is 18.3 Å². The van der Waals surface area contributed by atoms with Gasteiger partial charge in [0.2, 0.25) is 5.88 Å². The highest BCUT2D eigenvalue weighted by atomic mass is 32.1. The largest absolute Gasteiger partial charge is 0.492 e. The Morgan fingerprint density at radius 3 is 2.51 bits per heavy atom. The molecule has 0 aliphatic carbocycles. The van der Waals surface area contributed by atoms with E-state index in [0.29, 0.717) is 30.1 Å². The topological polar surface area (TPSA) is 64.0 Å². The summed E-state index contributed by atoms with van der Waals surface area (Å²) in [4.78, 5) is 7.30. The van der Waals surface area contributed by atoms with Crippen LogP contribution in [0.15, 0.2) is 47.6 Å². The number of piperazine rings is 1. The van der Waals surface area contributed by atoms with Crippen molar-refractivity contribution in [3.05, 3.63) is 74.6 Å². The molecule has 3 heterocycles. The fourth-order valence-corrected chi connectivity index (χ4v) is 5.52. The van der Waals surface area contributed by atoms with E-state index >= 15 is 0 Å². The Labute approximate surface area is 205 Å². The zero-order valence-electron chi connectivity index (χ0n) is 19.4. The zero-order valence-corrected chi connectivity index (χ0v) is 20.2. The van der Waals surface area contributed by atoms with Gasteiger partial charge in [0, 0.05) is 30.7 Å². The van der Waals surface area contributed by atoms with Crippen molar-refractivity contribution in [1.29, 1.82) is 0 Å². The van der Waals surface area contributed by atoms with Gasteiger partial charge < -0.3 is 15.3 Å². The summed E-state index contributed by atoms with van der Waals surface area (Å²) in [6, 6.07) is 11.8. The van der Waals surface area contributed by atoms with Crippen LogP contribution >= 0.6 is 11.3 Å². The molecule has 2 N–H and O–H groups in total. The number of nitrogens with one attached hydrogen (secondary N) is 1. The minimum Gasteiger partial charge on any atom is -0.492 e. The number of hydrogen-bond donors (Lipinski definition) is 2. The van der Waals surface area contributed by atoms with Gasteiger partial charge >= 0.3 is 6.18 Å². The summed E-state index contributed by atoms with van der Waals surface area (Å²) in [5.74, 6) is 0.0259. The predicted molar refractivity (Wildman–Crippen MR) is 130 cm³/mol. The second-order valence-electron chi connectivity index (χ2n) is 9.21. The van der Waals surface area contributed by atoms with Gasteiger partial charge in [-0.2, -0.15) is 23.3 Å². The van der Waals surface area contributed by atoms with Crippen molar-refractivity contribution in [2.45, 2.75) is 45.2 Å². The van der Waals surface area contributed by atoms with Crippen LogP contribution in [0.3, 0.4) is 0 Å². The molecule has 1 aromatic heterocycles. The van der Waals surface area contributed by atoms with E-state index in [0.717, 1.165) is 52.1 Å². The van der Waals surface area contributed by atoms with Crippen LogP contribution in [-0.2, 0) is 19.3 Å². The quantitative estimate of drug-likeness (QED) is 0.574. The number of thiazole rings is 1. The van der Waals surface area contributed by atoms with Crippen LogP contribution in [0.5, 0.6) is 5.88 Å². The molecule has 0 spiro atoms. The Bertz CT molecular complexity index is 1330. The molecule has 6 nitrogen and oxygen atoms in total. The number of rotatable bonds is 4. The van der Waals surface area contributed by atoms with E-state index in [9.17, 15) is 18.3 Å². The molecule has 0 radical (unpaired) electrons. The van der Waals surface area contributed by atoms with Crippen molar-refractivity contribution in [2.24, 2.45) is 5.10 Å². The van der Waals surface area contributed by atoms with E-state index < -0.39 is 11.7 Å². The van der Waals surface area contributed by atoms with E-state index in [1.54, 1.807) is 0 Å². The van der Waals surface area contributed by atoms with Gasteiger partial charge in [-0.15, -0.1) is 0 Å². The minimum absolute atomic E-state index is 0.0259. The van der Waals surface area contributed by atoms with Crippen LogP contribution < -0.4 is 20.8 Å². The molecule has 2 aliphatic heterocycles. The van der Waals surface area contributed by atoms with Crippen molar-refractivity contribution in [3.8, 4) is 5.88 Å². The predicted octanol–water partition coefficient (Wildman–Crippen LogP) is 3.43. The Hall–Kier alpha value is -3.11. The van der Waals surface area contributed by atoms with Crippen LogP contribution in [0.25, 0.3) is 6.08 Å². The van der Waals surface area contributed by atoms with Gasteiger partial charge in [0.1, 0.15) is 0 Å². The number of benzene rings is 2. The number of anilines is 1. The summed E-state index contributed by atoms with van der Waals surface area (Å²) in [6.07, 6.45) is -2.42. The van der Waals surface area contributed by atoms with Gasteiger partial charge in [-0.3, -0.25) is 5.01 Å². The fraction of sp³-hybridized carbons (Fsp3) is 0.360. The molecule has 184 valence electrons. The van der Waals surface area contributed by atoms with Crippen molar-refractivity contribution >= 4 is 22.5 Å². The van der Waals surface area contributed by atoms with Gasteiger partial charge in [0.25, 0.3) is 0 Å².